The Kier molecular flexibility index (Phi) is 3.55. The summed E-state index contributed by atoms with van der Waals surface area (Å²) in [6.07, 6.45) is 0. The van der Waals surface area contributed by atoms with Crippen molar-refractivity contribution >= 4 is 5.82 Å². The van der Waals surface area contributed by atoms with E-state index in [-0.39, 0.29) is 0 Å². The molecule has 0 atom stereocenters. The van der Waals surface area contributed by atoms with Gasteiger partial charge in [-0.05, 0) is 43.2 Å². The van der Waals surface area contributed by atoms with E-state index in [0.29, 0.717) is 11.5 Å². The lowest BCUT2D eigenvalue weighted by Crippen LogP contribution is -2.00. The van der Waals surface area contributed by atoms with Crippen LogP contribution in [0, 0.1) is 13.8 Å². The number of hydrogen-bond donors (Lipinski definition) is 1. The first kappa shape index (κ1) is 13.1. The standard InChI is InChI=1S/C14H17N3O2/c1-8-6-13(19-4)10(7-12(8)18-3)11-5-9(2)14(15)17-16-11/h5-7H,1-4H3,(H2,15,17). The summed E-state index contributed by atoms with van der Waals surface area (Å²) in [6, 6.07) is 5.70. The van der Waals surface area contributed by atoms with Crippen molar-refractivity contribution in [2.24, 2.45) is 0 Å². The Morgan fingerprint density at radius 3 is 2.16 bits per heavy atom. The molecule has 5 nitrogen and oxygen atoms in total. The van der Waals surface area contributed by atoms with Gasteiger partial charge < -0.3 is 15.2 Å². The Morgan fingerprint density at radius 1 is 0.895 bits per heavy atom. The van der Waals surface area contributed by atoms with Crippen molar-refractivity contribution in [3.63, 3.8) is 0 Å². The highest BCUT2D eigenvalue weighted by Crippen LogP contribution is 2.35. The quantitative estimate of drug-likeness (QED) is 0.916. The van der Waals surface area contributed by atoms with Crippen LogP contribution in [0.15, 0.2) is 18.2 Å². The van der Waals surface area contributed by atoms with Crippen molar-refractivity contribution in [3.05, 3.63) is 29.3 Å². The molecule has 2 aromatic rings. The molecule has 0 fully saturated rings. The van der Waals surface area contributed by atoms with E-state index in [1.54, 1.807) is 14.2 Å². The molecule has 1 heterocycles. The SMILES string of the molecule is COc1cc(-c2cc(C)c(N)nn2)c(OC)cc1C. The molecule has 5 heteroatoms. The number of hydrogen-bond acceptors (Lipinski definition) is 5. The Balaban J connectivity index is 2.62. The van der Waals surface area contributed by atoms with Crippen LogP contribution in [-0.2, 0) is 0 Å². The summed E-state index contributed by atoms with van der Waals surface area (Å²) in [7, 11) is 3.26. The summed E-state index contributed by atoms with van der Waals surface area (Å²) in [5, 5.41) is 8.05. The van der Waals surface area contributed by atoms with Crippen LogP contribution in [0.3, 0.4) is 0 Å². The minimum atomic E-state index is 0.432. The predicted molar refractivity (Wildman–Crippen MR) is 74.5 cm³/mol. The van der Waals surface area contributed by atoms with E-state index in [2.05, 4.69) is 10.2 Å². The largest absolute Gasteiger partial charge is 0.496 e. The number of aryl methyl sites for hydroxylation is 2. The van der Waals surface area contributed by atoms with Crippen LogP contribution in [0.4, 0.5) is 5.82 Å². The van der Waals surface area contributed by atoms with Gasteiger partial charge in [-0.3, -0.25) is 0 Å². The molecule has 0 bridgehead atoms. The van der Waals surface area contributed by atoms with E-state index in [1.807, 2.05) is 32.0 Å². The molecule has 100 valence electrons. The fourth-order valence-corrected chi connectivity index (χ4v) is 1.88. The molecule has 1 aromatic heterocycles. The summed E-state index contributed by atoms with van der Waals surface area (Å²) >= 11 is 0. The Bertz CT molecular complexity index is 612. The van der Waals surface area contributed by atoms with Gasteiger partial charge in [0.15, 0.2) is 0 Å². The van der Waals surface area contributed by atoms with Crippen LogP contribution >= 0.6 is 0 Å². The van der Waals surface area contributed by atoms with Gasteiger partial charge in [0.1, 0.15) is 17.3 Å². The number of aromatic nitrogens is 2. The Morgan fingerprint density at radius 2 is 1.58 bits per heavy atom. The number of nitrogens with zero attached hydrogens (tertiary/aromatic N) is 2. The lowest BCUT2D eigenvalue weighted by Gasteiger charge is -2.12. The van der Waals surface area contributed by atoms with Crippen LogP contribution in [-0.4, -0.2) is 24.4 Å². The number of nitrogens with two attached hydrogens (primary N) is 1. The first-order valence-corrected chi connectivity index (χ1v) is 5.89. The van der Waals surface area contributed by atoms with Gasteiger partial charge in [0.05, 0.1) is 19.9 Å². The Hall–Kier alpha value is -2.30. The summed E-state index contributed by atoms with van der Waals surface area (Å²) in [5.41, 5.74) is 9.12. The molecule has 0 spiro atoms. The lowest BCUT2D eigenvalue weighted by molar-refractivity contribution is 0.401. The first-order valence-electron chi connectivity index (χ1n) is 5.89. The van der Waals surface area contributed by atoms with Crippen molar-refractivity contribution in [3.8, 4) is 22.8 Å². The van der Waals surface area contributed by atoms with E-state index < -0.39 is 0 Å². The molecule has 0 amide bonds. The molecule has 19 heavy (non-hydrogen) atoms. The molecule has 0 aliphatic rings. The lowest BCUT2D eigenvalue weighted by atomic mass is 10.1. The van der Waals surface area contributed by atoms with Gasteiger partial charge in [-0.1, -0.05) is 0 Å². The molecular formula is C14H17N3O2. The molecule has 2 rings (SSSR count). The van der Waals surface area contributed by atoms with Crippen LogP contribution in [0.25, 0.3) is 11.3 Å². The molecule has 0 aliphatic heterocycles. The van der Waals surface area contributed by atoms with E-state index >= 15 is 0 Å². The second-order valence-corrected chi connectivity index (χ2v) is 4.32. The highest BCUT2D eigenvalue weighted by atomic mass is 16.5. The van der Waals surface area contributed by atoms with Crippen molar-refractivity contribution < 1.29 is 9.47 Å². The van der Waals surface area contributed by atoms with Crippen LogP contribution < -0.4 is 15.2 Å². The number of nitrogen functional groups attached to an aromatic ring is 1. The zero-order valence-corrected chi connectivity index (χ0v) is 11.5. The topological polar surface area (TPSA) is 70.3 Å². The van der Waals surface area contributed by atoms with Crippen molar-refractivity contribution in [2.45, 2.75) is 13.8 Å². The zero-order valence-electron chi connectivity index (χ0n) is 11.5. The van der Waals surface area contributed by atoms with Gasteiger partial charge in [0, 0.05) is 5.56 Å². The van der Waals surface area contributed by atoms with Gasteiger partial charge in [0.25, 0.3) is 0 Å². The molecule has 0 saturated heterocycles. The highest BCUT2D eigenvalue weighted by Gasteiger charge is 2.13. The molecule has 1 aromatic carbocycles. The number of anilines is 1. The smallest absolute Gasteiger partial charge is 0.149 e. The molecule has 0 aliphatic carbocycles. The molecule has 0 unspecified atom stereocenters. The number of ether oxygens (including phenoxy) is 2. The van der Waals surface area contributed by atoms with E-state index in [9.17, 15) is 0 Å². The van der Waals surface area contributed by atoms with Crippen LogP contribution in [0.1, 0.15) is 11.1 Å². The third-order valence-electron chi connectivity index (χ3n) is 3.02. The van der Waals surface area contributed by atoms with E-state index in [4.69, 9.17) is 15.2 Å². The van der Waals surface area contributed by atoms with Gasteiger partial charge in [-0.25, -0.2) is 0 Å². The average Bonchev–Trinajstić information content (AvgIpc) is 2.41. The average molecular weight is 259 g/mol. The maximum Gasteiger partial charge on any atom is 0.149 e. The second kappa shape index (κ2) is 5.14. The summed E-state index contributed by atoms with van der Waals surface area (Å²) in [6.45, 7) is 3.86. The van der Waals surface area contributed by atoms with Crippen molar-refractivity contribution in [1.82, 2.24) is 10.2 Å². The van der Waals surface area contributed by atoms with Gasteiger partial charge in [-0.2, -0.15) is 0 Å². The van der Waals surface area contributed by atoms with E-state index in [1.165, 1.54) is 0 Å². The van der Waals surface area contributed by atoms with Crippen molar-refractivity contribution in [2.75, 3.05) is 20.0 Å². The third kappa shape index (κ3) is 2.45. The molecular weight excluding hydrogens is 242 g/mol. The second-order valence-electron chi connectivity index (χ2n) is 4.32. The summed E-state index contributed by atoms with van der Waals surface area (Å²) in [5.74, 6) is 1.95. The maximum atomic E-state index is 5.69. The van der Waals surface area contributed by atoms with Gasteiger partial charge >= 0.3 is 0 Å². The van der Waals surface area contributed by atoms with Gasteiger partial charge in [0.2, 0.25) is 0 Å². The molecule has 2 N–H and O–H groups in total. The fourth-order valence-electron chi connectivity index (χ4n) is 1.88. The molecule has 0 saturated carbocycles. The summed E-state index contributed by atoms with van der Waals surface area (Å²) < 4.78 is 10.7. The Labute approximate surface area is 112 Å². The summed E-state index contributed by atoms with van der Waals surface area (Å²) in [4.78, 5) is 0. The minimum Gasteiger partial charge on any atom is -0.496 e. The van der Waals surface area contributed by atoms with Crippen LogP contribution in [0.2, 0.25) is 0 Å². The molecule has 0 radical (unpaired) electrons. The predicted octanol–water partition coefficient (Wildman–Crippen LogP) is 2.36. The third-order valence-corrected chi connectivity index (χ3v) is 3.02. The highest BCUT2D eigenvalue weighted by molar-refractivity contribution is 5.71. The first-order chi connectivity index (χ1) is 9.06. The number of benzene rings is 1. The zero-order chi connectivity index (χ0) is 14.0. The van der Waals surface area contributed by atoms with Crippen molar-refractivity contribution in [1.29, 1.82) is 0 Å². The number of methoxy groups -OCH3 is 2. The monoisotopic (exact) mass is 259 g/mol. The van der Waals surface area contributed by atoms with E-state index in [0.717, 1.165) is 28.2 Å². The normalized spacial score (nSPS) is 10.3. The number of rotatable bonds is 3. The maximum absolute atomic E-state index is 5.69. The fraction of sp³-hybridized carbons (Fsp3) is 0.286. The van der Waals surface area contributed by atoms with Crippen LogP contribution in [0.5, 0.6) is 11.5 Å². The van der Waals surface area contributed by atoms with Gasteiger partial charge in [-0.15, -0.1) is 10.2 Å². The minimum absolute atomic E-state index is 0.432.